The van der Waals surface area contributed by atoms with Crippen LogP contribution in [-0.2, 0) is 11.2 Å². The third-order valence-electron chi connectivity index (χ3n) is 18.9. The lowest BCUT2D eigenvalue weighted by Gasteiger charge is -2.35. The summed E-state index contributed by atoms with van der Waals surface area (Å²) in [5, 5.41) is 14.9. The van der Waals surface area contributed by atoms with Gasteiger partial charge < -0.3 is 62.4 Å². The highest BCUT2D eigenvalue weighted by Crippen LogP contribution is 2.53. The SMILES string of the molecule is CN1CCN(c2ccc3cc(C(=O)Nc4cc(-c5cccs5)ccc4N)cnc3c2C2CC2)CC1.COCCN(C)c1ccc2c(c1C1CC1)N(c1cc(-c3ccccc3)ccc1N)C=CC2.Nc1sc2ccccc2c1NC(=O)c1cnc2cc(N3CCNCC3)ccc2c1. The summed E-state index contributed by atoms with van der Waals surface area (Å²) in [7, 11) is 6.11. The summed E-state index contributed by atoms with van der Waals surface area (Å²) in [6, 6.07) is 53.5. The molecule has 0 bridgehead atoms. The minimum Gasteiger partial charge on any atom is -0.397 e. The summed E-state index contributed by atoms with van der Waals surface area (Å²) < 4.78 is 6.40. The first-order valence-corrected chi connectivity index (χ1v) is 34.9. The van der Waals surface area contributed by atoms with E-state index in [2.05, 4.69) is 157 Å². The van der Waals surface area contributed by atoms with Crippen molar-refractivity contribution in [1.82, 2.24) is 20.2 Å². The van der Waals surface area contributed by atoms with Crippen LogP contribution >= 0.6 is 22.7 Å². The van der Waals surface area contributed by atoms with E-state index < -0.39 is 0 Å². The van der Waals surface area contributed by atoms with E-state index in [1.807, 2.05) is 78.2 Å². The van der Waals surface area contributed by atoms with E-state index >= 15 is 0 Å². The predicted molar refractivity (Wildman–Crippen MR) is 401 cm³/mol. The normalized spacial score (nSPS) is 15.4. The van der Waals surface area contributed by atoms with E-state index in [1.54, 1.807) is 30.8 Å². The van der Waals surface area contributed by atoms with Crippen molar-refractivity contribution in [3.63, 3.8) is 0 Å². The zero-order valence-electron chi connectivity index (χ0n) is 54.6. The van der Waals surface area contributed by atoms with Crippen molar-refractivity contribution in [1.29, 1.82) is 0 Å². The van der Waals surface area contributed by atoms with Crippen molar-refractivity contribution >= 4 is 123 Å². The van der Waals surface area contributed by atoms with Crippen LogP contribution in [0.5, 0.6) is 0 Å². The van der Waals surface area contributed by atoms with Gasteiger partial charge in [-0.05, 0) is 151 Å². The fourth-order valence-electron chi connectivity index (χ4n) is 13.3. The second-order valence-electron chi connectivity index (χ2n) is 25.5. The molecule has 16 rings (SSSR count). The first-order chi connectivity index (χ1) is 46.9. The molecule has 18 heteroatoms. The summed E-state index contributed by atoms with van der Waals surface area (Å²) in [5.41, 5.74) is 38.2. The minimum atomic E-state index is -0.208. The van der Waals surface area contributed by atoms with Gasteiger partial charge in [0.2, 0.25) is 0 Å². The number of benzene rings is 7. The molecule has 4 fully saturated rings. The zero-order chi connectivity index (χ0) is 65.8. The van der Waals surface area contributed by atoms with Gasteiger partial charge in [-0.15, -0.1) is 22.7 Å². The van der Waals surface area contributed by atoms with Crippen LogP contribution < -0.4 is 52.8 Å². The monoisotopic (exact) mass is 1310 g/mol. The Morgan fingerprint density at radius 1 is 0.667 bits per heavy atom. The number of hydrogen-bond acceptors (Lipinski definition) is 16. The Morgan fingerprint density at radius 2 is 1.39 bits per heavy atom. The van der Waals surface area contributed by atoms with E-state index in [9.17, 15) is 9.59 Å². The molecule has 2 saturated carbocycles. The van der Waals surface area contributed by atoms with Crippen LogP contribution in [0.2, 0.25) is 0 Å². The molecule has 3 aliphatic heterocycles. The van der Waals surface area contributed by atoms with Crippen molar-refractivity contribution in [3.8, 4) is 21.6 Å². The summed E-state index contributed by atoms with van der Waals surface area (Å²) in [6.45, 7) is 9.77. The van der Waals surface area contributed by atoms with Gasteiger partial charge in [0, 0.05) is 146 Å². The Hall–Kier alpha value is -9.82. The number of nitrogens with two attached hydrogens (primary N) is 3. The second kappa shape index (κ2) is 28.2. The average molecular weight is 1310 g/mol. The van der Waals surface area contributed by atoms with E-state index in [0.717, 1.165) is 119 Å². The Balaban J connectivity index is 0.000000124. The number of aromatic nitrogens is 2. The molecular weight excluding hydrogens is 1230 g/mol. The highest BCUT2D eigenvalue weighted by atomic mass is 32.1. The zero-order valence-corrected chi connectivity index (χ0v) is 56.2. The van der Waals surface area contributed by atoms with Gasteiger partial charge in [-0.2, -0.15) is 0 Å². The number of nitrogens with one attached hydrogen (secondary N) is 3. The summed E-state index contributed by atoms with van der Waals surface area (Å²) >= 11 is 3.13. The van der Waals surface area contributed by atoms with Crippen LogP contribution in [0.15, 0.2) is 188 Å². The standard InChI is InChI=1S/C28H29N5OS.C28H31N3O.C22H21N5OS/c1-32-10-12-33(13-11-32)24-9-7-20-15-21(17-30-27(20)26(24)18-4-5-18)28(34)31-23-16-19(6-8-22(23)29)25-3-2-14-35-25;1-30(17-18-32-2)25-15-13-22-9-6-16-31(28(22)27(25)21-10-11-21)26-19-23(12-14-24(26)29)20-7-4-3-5-8-20;23-21-20(17-3-1-2-4-19(17)29-21)26-22(28)15-11-14-5-6-16(12-18(14)25-13-15)27-9-7-24-8-10-27/h2-3,6-9,14-18H,4-5,10-13,29H2,1H3,(H,31,34);3-8,12-16,19,21H,9-11,17-18,29H2,1-2H3;1-6,11-13,24H,7-10,23H2,(H,26,28). The number of nitrogen functional groups attached to an aromatic ring is 3. The van der Waals surface area contributed by atoms with E-state index in [1.165, 1.54) is 87.6 Å². The first-order valence-electron chi connectivity index (χ1n) is 33.2. The number of rotatable bonds is 15. The van der Waals surface area contributed by atoms with Gasteiger partial charge in [0.25, 0.3) is 11.8 Å². The number of anilines is 10. The molecule has 11 aromatic rings. The molecule has 7 heterocycles. The van der Waals surface area contributed by atoms with Crippen LogP contribution in [0, 0.1) is 0 Å². The smallest absolute Gasteiger partial charge is 0.257 e. The van der Waals surface area contributed by atoms with Gasteiger partial charge in [-0.3, -0.25) is 19.6 Å². The molecule has 16 nitrogen and oxygen atoms in total. The van der Waals surface area contributed by atoms with Crippen molar-refractivity contribution in [2.24, 2.45) is 0 Å². The molecule has 5 aliphatic rings. The first kappa shape index (κ1) is 63.6. The third-order valence-corrected chi connectivity index (χ3v) is 20.8. The fourth-order valence-corrected chi connectivity index (χ4v) is 14.9. The second-order valence-corrected chi connectivity index (χ2v) is 27.5. The fraction of sp³-hybridized carbons (Fsp3) is 0.256. The number of fused-ring (bicyclic) bond motifs is 4. The third kappa shape index (κ3) is 13.8. The van der Waals surface area contributed by atoms with E-state index in [4.69, 9.17) is 26.9 Å². The van der Waals surface area contributed by atoms with Gasteiger partial charge in [-0.25, -0.2) is 0 Å². The number of carbonyl (C=O) groups excluding carboxylic acids is 2. The number of carbonyl (C=O) groups is 2. The molecule has 96 heavy (non-hydrogen) atoms. The summed E-state index contributed by atoms with van der Waals surface area (Å²) in [5.74, 6) is 0.768. The number of thiophene rings is 2. The molecule has 0 radical (unpaired) electrons. The molecule has 0 unspecified atom stereocenters. The number of likely N-dealkylation sites (N-methyl/N-ethyl adjacent to an activating group) is 2. The molecule has 2 amide bonds. The number of ether oxygens (including phenoxy) is 1. The van der Waals surface area contributed by atoms with Crippen molar-refractivity contribution in [2.45, 2.75) is 43.9 Å². The van der Waals surface area contributed by atoms with Gasteiger partial charge in [0.1, 0.15) is 5.00 Å². The Bertz CT molecular complexity index is 4670. The molecule has 0 atom stereocenters. The number of allylic oxidation sites excluding steroid dienone is 1. The molecule has 488 valence electrons. The molecule has 9 N–H and O–H groups in total. The molecule has 4 aromatic heterocycles. The van der Waals surface area contributed by atoms with Crippen molar-refractivity contribution in [3.05, 3.63) is 216 Å². The minimum absolute atomic E-state index is 0.203. The molecule has 7 aromatic carbocycles. The quantitative estimate of drug-likeness (QED) is 0.0530. The van der Waals surface area contributed by atoms with Gasteiger partial charge in [-0.1, -0.05) is 91.0 Å². The lowest BCUT2D eigenvalue weighted by atomic mass is 9.94. The van der Waals surface area contributed by atoms with Crippen LogP contribution in [0.4, 0.5) is 56.2 Å². The number of methoxy groups -OCH3 is 1. The maximum Gasteiger partial charge on any atom is 0.257 e. The highest BCUT2D eigenvalue weighted by Gasteiger charge is 2.35. The Kier molecular flexibility index (Phi) is 18.7. The molecule has 2 saturated heterocycles. The number of amides is 2. The largest absolute Gasteiger partial charge is 0.397 e. The van der Waals surface area contributed by atoms with Gasteiger partial charge in [0.05, 0.1) is 62.9 Å². The number of hydrogen-bond donors (Lipinski definition) is 6. The van der Waals surface area contributed by atoms with E-state index in [0.29, 0.717) is 51.6 Å². The number of pyridine rings is 2. The Labute approximate surface area is 569 Å². The number of nitrogens with zero attached hydrogens (tertiary/aromatic N) is 7. The lowest BCUT2D eigenvalue weighted by Crippen LogP contribution is -2.44. The topological polar surface area (TPSA) is 199 Å². The van der Waals surface area contributed by atoms with Crippen LogP contribution in [-0.4, -0.2) is 113 Å². The maximum absolute atomic E-state index is 13.2. The van der Waals surface area contributed by atoms with E-state index in [-0.39, 0.29) is 11.8 Å². The van der Waals surface area contributed by atoms with Crippen LogP contribution in [0.25, 0.3) is 53.5 Å². The molecule has 2 aliphatic carbocycles. The summed E-state index contributed by atoms with van der Waals surface area (Å²) in [6.07, 6.45) is 13.6. The van der Waals surface area contributed by atoms with Gasteiger partial charge >= 0.3 is 0 Å². The highest BCUT2D eigenvalue weighted by molar-refractivity contribution is 7.23. The average Bonchev–Trinajstić information content (AvgIpc) is 1.28. The number of piperazine rings is 2. The Morgan fingerprint density at radius 3 is 2.16 bits per heavy atom. The van der Waals surface area contributed by atoms with Gasteiger partial charge in [0.15, 0.2) is 0 Å². The van der Waals surface area contributed by atoms with Crippen molar-refractivity contribution < 1.29 is 14.3 Å². The lowest BCUT2D eigenvalue weighted by molar-refractivity contribution is 0.101. The molecule has 0 spiro atoms. The summed E-state index contributed by atoms with van der Waals surface area (Å²) in [4.78, 5) is 48.4. The van der Waals surface area contributed by atoms with Crippen molar-refractivity contribution in [2.75, 3.05) is 134 Å². The van der Waals surface area contributed by atoms with Crippen LogP contribution in [0.3, 0.4) is 0 Å². The predicted octanol–water partition coefficient (Wildman–Crippen LogP) is 15.2. The maximum atomic E-state index is 13.2. The molecular formula is C78H81N13O3S2. The van der Waals surface area contributed by atoms with Crippen LogP contribution in [0.1, 0.15) is 74.9 Å².